The Hall–Kier alpha value is -4.94. The Morgan fingerprint density at radius 2 is 1.48 bits per heavy atom. The predicted molar refractivity (Wildman–Crippen MR) is 174 cm³/mol. The lowest BCUT2D eigenvalue weighted by Crippen LogP contribution is -2.29. The number of para-hydroxylation sites is 1. The summed E-state index contributed by atoms with van der Waals surface area (Å²) >= 11 is 6.00. The van der Waals surface area contributed by atoms with E-state index in [1.54, 1.807) is 0 Å². The van der Waals surface area contributed by atoms with E-state index in [2.05, 4.69) is 95.4 Å². The minimum atomic E-state index is -0.125. The summed E-state index contributed by atoms with van der Waals surface area (Å²) in [5.41, 5.74) is 6.66. The number of rotatable bonds is 6. The smallest absolute Gasteiger partial charge is 0.174 e. The van der Waals surface area contributed by atoms with Gasteiger partial charge in [0.25, 0.3) is 0 Å². The molecule has 0 bridgehead atoms. The minimum absolute atomic E-state index is 0.108. The van der Waals surface area contributed by atoms with Gasteiger partial charge in [-0.1, -0.05) is 60.7 Å². The average molecular weight is 567 g/mol. The van der Waals surface area contributed by atoms with E-state index in [1.807, 2.05) is 60.8 Å². The third-order valence-corrected chi connectivity index (χ3v) is 8.30. The summed E-state index contributed by atoms with van der Waals surface area (Å²) in [6, 6.07) is 41.1. The number of nitrogens with one attached hydrogen (secondary N) is 1. The van der Waals surface area contributed by atoms with Crippen molar-refractivity contribution in [2.45, 2.75) is 25.9 Å². The summed E-state index contributed by atoms with van der Waals surface area (Å²) in [7, 11) is 0. The van der Waals surface area contributed by atoms with Gasteiger partial charge >= 0.3 is 0 Å². The highest BCUT2D eigenvalue weighted by Gasteiger charge is 2.42. The van der Waals surface area contributed by atoms with Crippen LogP contribution in [0.4, 0.5) is 5.69 Å². The molecule has 3 heterocycles. The van der Waals surface area contributed by atoms with Gasteiger partial charge in [-0.15, -0.1) is 0 Å². The van der Waals surface area contributed by atoms with E-state index < -0.39 is 0 Å². The Kier molecular flexibility index (Phi) is 6.68. The van der Waals surface area contributed by atoms with Gasteiger partial charge in [-0.3, -0.25) is 4.98 Å². The Labute approximate surface area is 251 Å². The Bertz CT molecular complexity index is 1880. The number of hydrogen-bond donors (Lipinski definition) is 1. The standard InChI is InChI=1S/C36H30N4OS/c1-24-23-31(25(2)39(24)33-17-10-12-26-11-6-7-15-30(26)33)35-34(32-16-8-9-22-37-32)38-36(42)40(35)27-18-20-29(21-19-27)41-28-13-4-3-5-14-28/h3-23,34-35H,1-2H3,(H,38,42)/t34-,35+/m0/s1. The first-order chi connectivity index (χ1) is 20.6. The maximum atomic E-state index is 6.07. The van der Waals surface area contributed by atoms with Gasteiger partial charge in [-0.05, 0) is 97.7 Å². The zero-order chi connectivity index (χ0) is 28.6. The molecule has 1 saturated heterocycles. The molecule has 206 valence electrons. The van der Waals surface area contributed by atoms with E-state index >= 15 is 0 Å². The number of aryl methyl sites for hydroxylation is 1. The number of ether oxygens (including phenoxy) is 1. The second kappa shape index (κ2) is 10.8. The lowest BCUT2D eigenvalue weighted by atomic mass is 9.96. The summed E-state index contributed by atoms with van der Waals surface area (Å²) in [4.78, 5) is 6.96. The molecule has 7 rings (SSSR count). The predicted octanol–water partition coefficient (Wildman–Crippen LogP) is 8.61. The van der Waals surface area contributed by atoms with Gasteiger partial charge < -0.3 is 19.5 Å². The van der Waals surface area contributed by atoms with Gasteiger partial charge in [0, 0.05) is 28.7 Å². The van der Waals surface area contributed by atoms with Crippen molar-refractivity contribution in [2.75, 3.05) is 4.90 Å². The van der Waals surface area contributed by atoms with Gasteiger partial charge in [0.05, 0.1) is 23.5 Å². The third kappa shape index (κ3) is 4.60. The number of benzene rings is 4. The van der Waals surface area contributed by atoms with Crippen LogP contribution in [-0.2, 0) is 0 Å². The van der Waals surface area contributed by atoms with Crippen LogP contribution >= 0.6 is 12.2 Å². The van der Waals surface area contributed by atoms with Crippen LogP contribution in [0.15, 0.2) is 128 Å². The first-order valence-electron chi connectivity index (χ1n) is 14.1. The van der Waals surface area contributed by atoms with Crippen LogP contribution in [0.2, 0.25) is 0 Å². The fourth-order valence-electron chi connectivity index (χ4n) is 6.11. The minimum Gasteiger partial charge on any atom is -0.457 e. The Morgan fingerprint density at radius 3 is 2.26 bits per heavy atom. The van der Waals surface area contributed by atoms with Crippen LogP contribution in [0.5, 0.6) is 11.5 Å². The van der Waals surface area contributed by atoms with Crippen LogP contribution in [0, 0.1) is 13.8 Å². The van der Waals surface area contributed by atoms with Crippen molar-refractivity contribution >= 4 is 33.8 Å². The van der Waals surface area contributed by atoms with Crippen molar-refractivity contribution in [1.29, 1.82) is 0 Å². The molecule has 0 radical (unpaired) electrons. The van der Waals surface area contributed by atoms with E-state index in [1.165, 1.54) is 33.4 Å². The maximum Gasteiger partial charge on any atom is 0.174 e. The molecule has 0 aliphatic carbocycles. The van der Waals surface area contributed by atoms with Gasteiger partial charge in [-0.25, -0.2) is 0 Å². The number of thiocarbonyl (C=S) groups is 1. The molecule has 2 aromatic heterocycles. The second-order valence-corrected chi connectivity index (χ2v) is 11.0. The summed E-state index contributed by atoms with van der Waals surface area (Å²) in [6.45, 7) is 4.38. The quantitative estimate of drug-likeness (QED) is 0.205. The summed E-state index contributed by atoms with van der Waals surface area (Å²) in [5, 5.41) is 6.71. The number of hydrogen-bond acceptors (Lipinski definition) is 3. The lowest BCUT2D eigenvalue weighted by molar-refractivity contribution is 0.482. The number of fused-ring (bicyclic) bond motifs is 1. The average Bonchev–Trinajstić information content (AvgIpc) is 3.52. The van der Waals surface area contributed by atoms with Crippen LogP contribution in [0.3, 0.4) is 0 Å². The molecular formula is C36H30N4OS. The normalized spacial score (nSPS) is 16.5. The van der Waals surface area contributed by atoms with Crippen LogP contribution < -0.4 is 15.0 Å². The zero-order valence-corrected chi connectivity index (χ0v) is 24.3. The molecule has 6 aromatic rings. The molecule has 6 heteroatoms. The highest BCUT2D eigenvalue weighted by molar-refractivity contribution is 7.80. The van der Waals surface area contributed by atoms with Crippen LogP contribution in [0.1, 0.15) is 34.7 Å². The Balaban J connectivity index is 1.33. The van der Waals surface area contributed by atoms with Crippen molar-refractivity contribution < 1.29 is 4.74 Å². The lowest BCUT2D eigenvalue weighted by Gasteiger charge is -2.28. The second-order valence-electron chi connectivity index (χ2n) is 10.6. The summed E-state index contributed by atoms with van der Waals surface area (Å²) in [5.74, 6) is 1.58. The molecule has 0 unspecified atom stereocenters. The van der Waals surface area contributed by atoms with Crippen molar-refractivity contribution in [3.8, 4) is 17.2 Å². The zero-order valence-electron chi connectivity index (χ0n) is 23.4. The first-order valence-corrected chi connectivity index (χ1v) is 14.5. The van der Waals surface area contributed by atoms with Gasteiger partial charge in [0.15, 0.2) is 5.11 Å². The Morgan fingerprint density at radius 1 is 0.762 bits per heavy atom. The van der Waals surface area contributed by atoms with Crippen LogP contribution in [-0.4, -0.2) is 14.7 Å². The molecule has 42 heavy (non-hydrogen) atoms. The topological polar surface area (TPSA) is 42.3 Å². The largest absolute Gasteiger partial charge is 0.457 e. The first kappa shape index (κ1) is 26.0. The number of nitrogens with zero attached hydrogens (tertiary/aromatic N) is 3. The van der Waals surface area contributed by atoms with Gasteiger partial charge in [0.1, 0.15) is 11.5 Å². The number of anilines is 1. The fourth-order valence-corrected chi connectivity index (χ4v) is 6.46. The fraction of sp³-hybridized carbons (Fsp3) is 0.111. The molecule has 0 saturated carbocycles. The number of pyridine rings is 1. The molecule has 5 nitrogen and oxygen atoms in total. The number of aromatic nitrogens is 2. The monoisotopic (exact) mass is 566 g/mol. The van der Waals surface area contributed by atoms with Crippen molar-refractivity contribution in [3.05, 3.63) is 150 Å². The molecule has 0 amide bonds. The summed E-state index contributed by atoms with van der Waals surface area (Å²) < 4.78 is 8.43. The molecule has 0 spiro atoms. The van der Waals surface area contributed by atoms with Crippen LogP contribution in [0.25, 0.3) is 16.5 Å². The van der Waals surface area contributed by atoms with Crippen molar-refractivity contribution in [2.24, 2.45) is 0 Å². The molecule has 4 aromatic carbocycles. The molecule has 1 aliphatic heterocycles. The van der Waals surface area contributed by atoms with E-state index in [9.17, 15) is 0 Å². The molecular weight excluding hydrogens is 536 g/mol. The summed E-state index contributed by atoms with van der Waals surface area (Å²) in [6.07, 6.45) is 1.84. The molecule has 2 atom stereocenters. The van der Waals surface area contributed by atoms with E-state index in [0.717, 1.165) is 22.9 Å². The highest BCUT2D eigenvalue weighted by Crippen LogP contribution is 2.44. The maximum absolute atomic E-state index is 6.07. The van der Waals surface area contributed by atoms with Crippen molar-refractivity contribution in [1.82, 2.24) is 14.9 Å². The van der Waals surface area contributed by atoms with E-state index in [0.29, 0.717) is 5.11 Å². The van der Waals surface area contributed by atoms with Gasteiger partial charge in [-0.2, -0.15) is 0 Å². The molecule has 1 N–H and O–H groups in total. The molecule has 1 aliphatic rings. The van der Waals surface area contributed by atoms with E-state index in [-0.39, 0.29) is 12.1 Å². The highest BCUT2D eigenvalue weighted by atomic mass is 32.1. The SMILES string of the molecule is Cc1cc([C@@H]2[C@H](c3ccccn3)NC(=S)N2c2ccc(Oc3ccccc3)cc2)c(C)n1-c1cccc2ccccc12. The molecule has 1 fully saturated rings. The van der Waals surface area contributed by atoms with E-state index in [4.69, 9.17) is 21.9 Å². The third-order valence-electron chi connectivity index (χ3n) is 7.99. The van der Waals surface area contributed by atoms with Gasteiger partial charge in [0.2, 0.25) is 0 Å². The van der Waals surface area contributed by atoms with Crippen molar-refractivity contribution in [3.63, 3.8) is 0 Å².